The number of nitrogens with zero attached hydrogens (tertiary/aromatic N) is 4. The van der Waals surface area contributed by atoms with Crippen LogP contribution in [0.15, 0.2) is 35.2 Å². The van der Waals surface area contributed by atoms with E-state index >= 15 is 0 Å². The van der Waals surface area contributed by atoms with Gasteiger partial charge in [-0.3, -0.25) is 9.69 Å². The van der Waals surface area contributed by atoms with Crippen LogP contribution in [0.5, 0.6) is 0 Å². The molecule has 1 saturated heterocycles. The van der Waals surface area contributed by atoms with Crippen LogP contribution >= 0.6 is 0 Å². The largest absolute Gasteiger partial charge is 0.459 e. The van der Waals surface area contributed by atoms with Gasteiger partial charge in [0.25, 0.3) is 5.91 Å². The van der Waals surface area contributed by atoms with Crippen LogP contribution in [0.1, 0.15) is 22.8 Å². The van der Waals surface area contributed by atoms with Gasteiger partial charge < -0.3 is 13.9 Å². The molecule has 112 valence electrons. The number of carbonyl (C=O) groups is 1. The summed E-state index contributed by atoms with van der Waals surface area (Å²) in [4.78, 5) is 20.9. The van der Waals surface area contributed by atoms with Crippen LogP contribution in [0.3, 0.4) is 0 Å². The number of aromatic nitrogens is 2. The van der Waals surface area contributed by atoms with E-state index in [1.165, 1.54) is 0 Å². The van der Waals surface area contributed by atoms with Gasteiger partial charge in [-0.2, -0.15) is 0 Å². The molecule has 0 bridgehead atoms. The molecule has 21 heavy (non-hydrogen) atoms. The number of hydrogen-bond acceptors (Lipinski definition) is 4. The first-order valence-corrected chi connectivity index (χ1v) is 7.25. The van der Waals surface area contributed by atoms with Gasteiger partial charge >= 0.3 is 0 Å². The molecule has 0 N–H and O–H groups in total. The third-order valence-electron chi connectivity index (χ3n) is 3.89. The Balaban J connectivity index is 1.59. The van der Waals surface area contributed by atoms with Crippen molar-refractivity contribution >= 4 is 5.91 Å². The van der Waals surface area contributed by atoms with Crippen molar-refractivity contribution in [3.05, 3.63) is 42.4 Å². The van der Waals surface area contributed by atoms with E-state index in [2.05, 4.69) is 9.88 Å². The van der Waals surface area contributed by atoms with Crippen LogP contribution in [-0.2, 0) is 13.6 Å². The standard InChI is InChI=1S/C15H20N4O2/c1-17-8-5-16-14(17)12-18-6-3-7-19(10-9-18)15(20)13-4-2-11-21-13/h2,4-5,8,11H,3,6-7,9-10,12H2,1H3. The molecule has 0 unspecified atom stereocenters. The van der Waals surface area contributed by atoms with E-state index < -0.39 is 0 Å². The fraction of sp³-hybridized carbons (Fsp3) is 0.467. The minimum atomic E-state index is -0.0150. The van der Waals surface area contributed by atoms with Crippen molar-refractivity contribution < 1.29 is 9.21 Å². The first kappa shape index (κ1) is 13.9. The minimum absolute atomic E-state index is 0.0150. The molecule has 0 radical (unpaired) electrons. The number of hydrogen-bond donors (Lipinski definition) is 0. The van der Waals surface area contributed by atoms with Crippen molar-refractivity contribution in [2.45, 2.75) is 13.0 Å². The van der Waals surface area contributed by atoms with E-state index in [1.54, 1.807) is 18.4 Å². The Morgan fingerprint density at radius 2 is 2.24 bits per heavy atom. The molecule has 0 aromatic carbocycles. The molecule has 2 aromatic heterocycles. The molecular weight excluding hydrogens is 268 g/mol. The summed E-state index contributed by atoms with van der Waals surface area (Å²) in [5.74, 6) is 1.47. The molecule has 6 heteroatoms. The van der Waals surface area contributed by atoms with E-state index in [0.29, 0.717) is 5.76 Å². The topological polar surface area (TPSA) is 54.5 Å². The van der Waals surface area contributed by atoms with Crippen LogP contribution in [0, 0.1) is 0 Å². The molecule has 2 aromatic rings. The minimum Gasteiger partial charge on any atom is -0.459 e. The normalized spacial score (nSPS) is 16.9. The lowest BCUT2D eigenvalue weighted by Gasteiger charge is -2.21. The molecule has 3 heterocycles. The highest BCUT2D eigenvalue weighted by atomic mass is 16.3. The molecule has 3 rings (SSSR count). The van der Waals surface area contributed by atoms with Crippen LogP contribution < -0.4 is 0 Å². The molecule has 1 amide bonds. The Bertz CT molecular complexity index is 591. The first-order chi connectivity index (χ1) is 10.2. The van der Waals surface area contributed by atoms with Gasteiger partial charge in [0.15, 0.2) is 5.76 Å². The molecule has 0 saturated carbocycles. The Kier molecular flexibility index (Phi) is 4.06. The fourth-order valence-corrected chi connectivity index (χ4v) is 2.64. The van der Waals surface area contributed by atoms with Gasteiger partial charge in [-0.25, -0.2) is 4.98 Å². The van der Waals surface area contributed by atoms with Crippen molar-refractivity contribution in [1.82, 2.24) is 19.4 Å². The van der Waals surface area contributed by atoms with Crippen molar-refractivity contribution in [1.29, 1.82) is 0 Å². The first-order valence-electron chi connectivity index (χ1n) is 7.25. The Hall–Kier alpha value is -2.08. The summed E-state index contributed by atoms with van der Waals surface area (Å²) in [6, 6.07) is 3.47. The lowest BCUT2D eigenvalue weighted by Crippen LogP contribution is -2.35. The summed E-state index contributed by atoms with van der Waals surface area (Å²) in [5, 5.41) is 0. The highest BCUT2D eigenvalue weighted by Gasteiger charge is 2.22. The van der Waals surface area contributed by atoms with Crippen molar-refractivity contribution in [2.75, 3.05) is 26.2 Å². The quantitative estimate of drug-likeness (QED) is 0.856. The maximum atomic E-state index is 12.3. The zero-order valence-electron chi connectivity index (χ0n) is 12.2. The molecular formula is C15H20N4O2. The van der Waals surface area contributed by atoms with Crippen LogP contribution in [-0.4, -0.2) is 51.4 Å². The summed E-state index contributed by atoms with van der Waals surface area (Å²) in [5.41, 5.74) is 0. The summed E-state index contributed by atoms with van der Waals surface area (Å²) in [6.45, 7) is 4.17. The molecule has 6 nitrogen and oxygen atoms in total. The average molecular weight is 288 g/mol. The lowest BCUT2D eigenvalue weighted by molar-refractivity contribution is 0.0729. The van der Waals surface area contributed by atoms with Gasteiger partial charge in [0, 0.05) is 45.6 Å². The lowest BCUT2D eigenvalue weighted by atomic mass is 10.3. The van der Waals surface area contributed by atoms with Crippen molar-refractivity contribution in [3.63, 3.8) is 0 Å². The van der Waals surface area contributed by atoms with Gasteiger partial charge in [0.2, 0.25) is 0 Å². The van der Waals surface area contributed by atoms with Gasteiger partial charge in [-0.05, 0) is 18.6 Å². The molecule has 0 aliphatic carbocycles. The smallest absolute Gasteiger partial charge is 0.289 e. The maximum absolute atomic E-state index is 12.3. The number of aryl methyl sites for hydroxylation is 1. The number of imidazole rings is 1. The Morgan fingerprint density at radius 1 is 1.33 bits per heavy atom. The summed E-state index contributed by atoms with van der Waals surface area (Å²) >= 11 is 0. The van der Waals surface area contributed by atoms with Crippen molar-refractivity contribution in [3.8, 4) is 0 Å². The number of amides is 1. The zero-order chi connectivity index (χ0) is 14.7. The Labute approximate surface area is 124 Å². The second-order valence-electron chi connectivity index (χ2n) is 5.35. The van der Waals surface area contributed by atoms with E-state index in [1.807, 2.05) is 28.9 Å². The van der Waals surface area contributed by atoms with Crippen LogP contribution in [0.2, 0.25) is 0 Å². The predicted octanol–water partition coefficient (Wildman–Crippen LogP) is 1.36. The number of furan rings is 1. The van der Waals surface area contributed by atoms with Crippen molar-refractivity contribution in [2.24, 2.45) is 7.05 Å². The number of rotatable bonds is 3. The predicted molar refractivity (Wildman–Crippen MR) is 77.7 cm³/mol. The number of carbonyl (C=O) groups excluding carboxylic acids is 1. The van der Waals surface area contributed by atoms with Crippen LogP contribution in [0.4, 0.5) is 0 Å². The molecule has 1 aliphatic heterocycles. The average Bonchev–Trinajstić information content (AvgIpc) is 3.08. The van der Waals surface area contributed by atoms with E-state index in [9.17, 15) is 4.79 Å². The van der Waals surface area contributed by atoms with E-state index in [0.717, 1.165) is 45.0 Å². The van der Waals surface area contributed by atoms with Gasteiger partial charge in [-0.15, -0.1) is 0 Å². The summed E-state index contributed by atoms with van der Waals surface area (Å²) in [7, 11) is 2.01. The third-order valence-corrected chi connectivity index (χ3v) is 3.89. The van der Waals surface area contributed by atoms with E-state index in [4.69, 9.17) is 4.42 Å². The Morgan fingerprint density at radius 3 is 2.95 bits per heavy atom. The summed E-state index contributed by atoms with van der Waals surface area (Å²) < 4.78 is 7.24. The van der Waals surface area contributed by atoms with Gasteiger partial charge in [0.1, 0.15) is 5.82 Å². The maximum Gasteiger partial charge on any atom is 0.289 e. The second-order valence-corrected chi connectivity index (χ2v) is 5.35. The fourth-order valence-electron chi connectivity index (χ4n) is 2.64. The monoisotopic (exact) mass is 288 g/mol. The third kappa shape index (κ3) is 3.16. The molecule has 0 spiro atoms. The molecule has 0 atom stereocenters. The van der Waals surface area contributed by atoms with E-state index in [-0.39, 0.29) is 5.91 Å². The van der Waals surface area contributed by atoms with Gasteiger partial charge in [0.05, 0.1) is 12.8 Å². The highest BCUT2D eigenvalue weighted by molar-refractivity contribution is 5.91. The highest BCUT2D eigenvalue weighted by Crippen LogP contribution is 2.11. The second kappa shape index (κ2) is 6.13. The van der Waals surface area contributed by atoms with Crippen LogP contribution in [0.25, 0.3) is 0 Å². The SMILES string of the molecule is Cn1ccnc1CN1CCCN(C(=O)c2ccco2)CC1. The zero-order valence-corrected chi connectivity index (χ0v) is 12.2. The van der Waals surface area contributed by atoms with Gasteiger partial charge in [-0.1, -0.05) is 0 Å². The summed E-state index contributed by atoms with van der Waals surface area (Å²) in [6.07, 6.45) is 6.29. The molecule has 1 aliphatic rings. The molecule has 1 fully saturated rings.